The van der Waals surface area contributed by atoms with Gasteiger partial charge in [0.05, 0.1) is 30.9 Å². The zero-order chi connectivity index (χ0) is 26.1. The summed E-state index contributed by atoms with van der Waals surface area (Å²) in [5.74, 6) is -2.10. The molecule has 188 valence electrons. The van der Waals surface area contributed by atoms with Crippen LogP contribution in [0.4, 0.5) is 13.2 Å². The highest BCUT2D eigenvalue weighted by molar-refractivity contribution is 7.16. The van der Waals surface area contributed by atoms with Crippen LogP contribution in [0, 0.1) is 11.6 Å². The van der Waals surface area contributed by atoms with Gasteiger partial charge in [-0.25, -0.2) is 18.1 Å². The van der Waals surface area contributed by atoms with Crippen LogP contribution < -0.4 is 14.9 Å². The van der Waals surface area contributed by atoms with Crippen LogP contribution in [0.3, 0.4) is 0 Å². The molecule has 0 aliphatic carbocycles. The molecule has 0 radical (unpaired) electrons. The van der Waals surface area contributed by atoms with Crippen LogP contribution in [0.25, 0.3) is 28.5 Å². The van der Waals surface area contributed by atoms with Crippen molar-refractivity contribution in [2.75, 3.05) is 7.11 Å². The van der Waals surface area contributed by atoms with Crippen LogP contribution in [0.5, 0.6) is 11.5 Å². The third kappa shape index (κ3) is 4.73. The lowest BCUT2D eigenvalue weighted by Crippen LogP contribution is -2.18. The fraction of sp³-hybridized carbons (Fsp3) is 0.0800. The van der Waals surface area contributed by atoms with Crippen molar-refractivity contribution in [2.24, 2.45) is 0 Å². The molecule has 0 N–H and O–H groups in total. The van der Waals surface area contributed by atoms with E-state index in [0.717, 1.165) is 12.4 Å². The van der Waals surface area contributed by atoms with E-state index >= 15 is 0 Å². The van der Waals surface area contributed by atoms with Crippen molar-refractivity contribution in [1.29, 1.82) is 0 Å². The number of hydrogen-bond acceptors (Lipinski definition) is 5. The maximum absolute atomic E-state index is 13.9. The average molecular weight is 525 g/mol. The molecule has 12 heteroatoms. The lowest BCUT2D eigenvalue weighted by molar-refractivity contribution is 0.153. The van der Waals surface area contributed by atoms with Gasteiger partial charge < -0.3 is 14.0 Å². The predicted octanol–water partition coefficient (Wildman–Crippen LogP) is 4.67. The molecule has 2 unspecified atom stereocenters. The molecule has 5 aromatic rings. The second kappa shape index (κ2) is 9.94. The Labute approximate surface area is 210 Å². The van der Waals surface area contributed by atoms with Gasteiger partial charge in [-0.3, -0.25) is 4.79 Å². The topological polar surface area (TPSA) is 76.1 Å². The summed E-state index contributed by atoms with van der Waals surface area (Å²) < 4.78 is 55.8. The van der Waals surface area contributed by atoms with E-state index in [1.807, 2.05) is 39.6 Å². The smallest absolute Gasteiger partial charge is 0.251 e. The van der Waals surface area contributed by atoms with Gasteiger partial charge in [-0.15, -0.1) is 0 Å². The molecule has 3 aromatic heterocycles. The first-order valence-corrected chi connectivity index (χ1v) is 11.5. The minimum atomic E-state index is -1.80. The predicted molar refractivity (Wildman–Crippen MR) is 133 cm³/mol. The van der Waals surface area contributed by atoms with Crippen molar-refractivity contribution in [3.05, 3.63) is 101 Å². The first-order valence-electron chi connectivity index (χ1n) is 10.9. The van der Waals surface area contributed by atoms with E-state index in [-0.39, 0.29) is 22.9 Å². The third-order valence-corrected chi connectivity index (χ3v) is 5.59. The van der Waals surface area contributed by atoms with Crippen LogP contribution in [-0.2, 0) is 0 Å². The number of hydrogen-bond donors (Lipinski definition) is 0. The highest BCUT2D eigenvalue weighted by atomic mass is 31.0. The summed E-state index contributed by atoms with van der Waals surface area (Å²) in [7, 11) is 3.20. The summed E-state index contributed by atoms with van der Waals surface area (Å²) in [6.45, 7) is 0. The van der Waals surface area contributed by atoms with E-state index in [4.69, 9.17) is 9.47 Å². The van der Waals surface area contributed by atoms with Crippen LogP contribution in [-0.4, -0.2) is 37.3 Å². The second-order valence-corrected chi connectivity index (χ2v) is 8.29. The Kier molecular flexibility index (Phi) is 6.54. The van der Waals surface area contributed by atoms with Gasteiger partial charge in [0.15, 0.2) is 28.8 Å². The molecule has 5 rings (SSSR count). The van der Waals surface area contributed by atoms with Crippen LogP contribution in [0.2, 0.25) is 0 Å². The number of ether oxygens (including phenoxy) is 2. The number of methoxy groups -OCH3 is 1. The summed E-state index contributed by atoms with van der Waals surface area (Å²) in [6.07, 6.45) is 2.97. The van der Waals surface area contributed by atoms with Gasteiger partial charge in [-0.2, -0.15) is 14.6 Å². The molecule has 3 heterocycles. The Bertz CT molecular complexity index is 1610. The molecule has 0 aliphatic heterocycles. The first kappa shape index (κ1) is 24.3. The molecule has 0 aliphatic rings. The lowest BCUT2D eigenvalue weighted by Gasteiger charge is -2.17. The van der Waals surface area contributed by atoms with Crippen molar-refractivity contribution < 1.29 is 22.6 Å². The van der Waals surface area contributed by atoms with E-state index in [2.05, 4.69) is 10.2 Å². The number of rotatable bonds is 7. The van der Waals surface area contributed by atoms with Gasteiger partial charge in [-0.05, 0) is 30.3 Å². The zero-order valence-corrected chi connectivity index (χ0v) is 20.4. The van der Waals surface area contributed by atoms with Crippen molar-refractivity contribution in [3.63, 3.8) is 0 Å². The number of alkyl halides is 1. The normalized spacial score (nSPS) is 11.9. The molecule has 0 bridgehead atoms. The molecule has 0 saturated heterocycles. The van der Waals surface area contributed by atoms with Gasteiger partial charge in [0, 0.05) is 24.1 Å². The molecule has 2 aromatic carbocycles. The van der Waals surface area contributed by atoms with Gasteiger partial charge in [0.2, 0.25) is 6.10 Å². The van der Waals surface area contributed by atoms with Gasteiger partial charge in [0.1, 0.15) is 5.69 Å². The molecular formula is C25H19F3N5O3P. The quantitative estimate of drug-likeness (QED) is 0.289. The van der Waals surface area contributed by atoms with Crippen LogP contribution >= 0.6 is 9.24 Å². The monoisotopic (exact) mass is 525 g/mol. The molecule has 0 saturated carbocycles. The van der Waals surface area contributed by atoms with E-state index in [0.29, 0.717) is 17.1 Å². The number of benzene rings is 2. The number of nitrogens with zero attached hydrogens (tertiary/aromatic N) is 5. The standard InChI is InChI=1S/C25H19F3N5O3P/c1-35-22-14-32(30-23(24(22)34)20-9-10-29-33(20)15-5-3-2-4-6-15)19-8-7-16(11-21(19)36-25(28)37)31-12-17(26)18(27)13-31/h2-14,25H,37H2,1H3. The van der Waals surface area contributed by atoms with E-state index < -0.39 is 23.2 Å². The van der Waals surface area contributed by atoms with E-state index in [1.165, 1.54) is 47.0 Å². The second-order valence-electron chi connectivity index (χ2n) is 7.77. The Balaban J connectivity index is 1.68. The Hall–Kier alpha value is -4.37. The van der Waals surface area contributed by atoms with Gasteiger partial charge in [-0.1, -0.05) is 27.4 Å². The number of aromatic nitrogens is 5. The van der Waals surface area contributed by atoms with Crippen molar-refractivity contribution in [3.8, 4) is 39.9 Å². The lowest BCUT2D eigenvalue weighted by atomic mass is 10.2. The van der Waals surface area contributed by atoms with Crippen LogP contribution in [0.15, 0.2) is 84.2 Å². The zero-order valence-electron chi connectivity index (χ0n) is 19.3. The fourth-order valence-corrected chi connectivity index (χ4v) is 3.93. The first-order chi connectivity index (χ1) is 17.9. The van der Waals surface area contributed by atoms with Crippen LogP contribution in [0.1, 0.15) is 0 Å². The summed E-state index contributed by atoms with van der Waals surface area (Å²) in [6, 6.07) is 15.3. The van der Waals surface area contributed by atoms with Crippen molar-refractivity contribution in [2.45, 2.75) is 6.10 Å². The number of para-hydroxylation sites is 1. The minimum absolute atomic E-state index is 0.00441. The SMILES string of the molecule is COc1cn(-c2ccc(-n3cc(F)c(F)c3)cc2OC(F)P)nc(-c2ccnn2-c2ccccc2)c1=O. The molecule has 37 heavy (non-hydrogen) atoms. The largest absolute Gasteiger partial charge is 0.491 e. The van der Waals surface area contributed by atoms with Gasteiger partial charge in [0.25, 0.3) is 5.43 Å². The van der Waals surface area contributed by atoms with Crippen molar-refractivity contribution >= 4 is 9.24 Å². The summed E-state index contributed by atoms with van der Waals surface area (Å²) in [5.41, 5.74) is 1.20. The van der Waals surface area contributed by atoms with E-state index in [1.54, 1.807) is 10.7 Å². The molecule has 0 fully saturated rings. The highest BCUT2D eigenvalue weighted by Gasteiger charge is 2.20. The summed E-state index contributed by atoms with van der Waals surface area (Å²) >= 11 is 0. The fourth-order valence-electron chi connectivity index (χ4n) is 3.78. The maximum atomic E-state index is 13.9. The number of halogens is 3. The highest BCUT2D eigenvalue weighted by Crippen LogP contribution is 2.30. The maximum Gasteiger partial charge on any atom is 0.251 e. The summed E-state index contributed by atoms with van der Waals surface area (Å²) in [5, 5.41) is 8.82. The van der Waals surface area contributed by atoms with Crippen molar-refractivity contribution in [1.82, 2.24) is 24.1 Å². The van der Waals surface area contributed by atoms with E-state index in [9.17, 15) is 18.0 Å². The average Bonchev–Trinajstić information content (AvgIpc) is 3.51. The third-order valence-electron chi connectivity index (χ3n) is 5.45. The molecular weight excluding hydrogens is 506 g/mol. The Morgan fingerprint density at radius 1 is 0.946 bits per heavy atom. The Morgan fingerprint density at radius 2 is 1.68 bits per heavy atom. The molecule has 2 atom stereocenters. The molecule has 0 spiro atoms. The summed E-state index contributed by atoms with van der Waals surface area (Å²) in [4.78, 5) is 13.2. The molecule has 0 amide bonds. The Morgan fingerprint density at radius 3 is 2.35 bits per heavy atom. The molecule has 8 nitrogen and oxygen atoms in total. The van der Waals surface area contributed by atoms with Gasteiger partial charge >= 0.3 is 0 Å². The minimum Gasteiger partial charge on any atom is -0.491 e.